The zero-order valence-corrected chi connectivity index (χ0v) is 11.5. The molecule has 1 aromatic carbocycles. The van der Waals surface area contributed by atoms with Gasteiger partial charge in [-0.05, 0) is 36.8 Å². The number of hydrogen-bond acceptors (Lipinski definition) is 5. The van der Waals surface area contributed by atoms with E-state index >= 15 is 0 Å². The molecule has 1 aliphatic heterocycles. The number of nitrogens with zero attached hydrogens (tertiary/aromatic N) is 4. The molecule has 1 saturated heterocycles. The molecule has 1 aliphatic carbocycles. The average molecular weight is 284 g/mol. The molecule has 1 saturated carbocycles. The highest BCUT2D eigenvalue weighted by atomic mass is 16.4. The van der Waals surface area contributed by atoms with Crippen LogP contribution in [-0.4, -0.2) is 38.8 Å². The first-order chi connectivity index (χ1) is 10.2. The van der Waals surface area contributed by atoms with Crippen molar-refractivity contribution in [3.63, 3.8) is 0 Å². The quantitative estimate of drug-likeness (QED) is 0.904. The molecule has 4 rings (SSSR count). The lowest BCUT2D eigenvalue weighted by atomic mass is 9.94. The maximum Gasteiger partial charge on any atom is 0.326 e. The Morgan fingerprint density at radius 3 is 2.81 bits per heavy atom. The Bertz CT molecular complexity index is 705. The van der Waals surface area contributed by atoms with Gasteiger partial charge >= 0.3 is 5.97 Å². The summed E-state index contributed by atoms with van der Waals surface area (Å²) in [5.41, 5.74) is 1.48. The van der Waals surface area contributed by atoms with Crippen LogP contribution in [0.5, 0.6) is 0 Å². The number of rotatable bonds is 2. The Kier molecular flexibility index (Phi) is 2.77. The molecule has 0 radical (unpaired) electrons. The van der Waals surface area contributed by atoms with Crippen LogP contribution in [0.4, 0.5) is 5.95 Å². The number of para-hydroxylation sites is 1. The third kappa shape index (κ3) is 1.93. The Hall–Kier alpha value is -2.24. The van der Waals surface area contributed by atoms with Crippen LogP contribution in [0, 0.1) is 11.8 Å². The molecule has 21 heavy (non-hydrogen) atoms. The first-order valence-corrected chi connectivity index (χ1v) is 7.33. The van der Waals surface area contributed by atoms with Gasteiger partial charge in [-0.1, -0.05) is 18.6 Å². The zero-order chi connectivity index (χ0) is 14.4. The van der Waals surface area contributed by atoms with Crippen LogP contribution in [0.2, 0.25) is 0 Å². The van der Waals surface area contributed by atoms with Crippen molar-refractivity contribution in [3.8, 4) is 0 Å². The Labute approximate surface area is 121 Å². The zero-order valence-electron chi connectivity index (χ0n) is 11.5. The second-order valence-electron chi connectivity index (χ2n) is 5.89. The lowest BCUT2D eigenvalue weighted by Crippen LogP contribution is -2.40. The van der Waals surface area contributed by atoms with Crippen molar-refractivity contribution in [2.45, 2.75) is 25.3 Å². The second kappa shape index (κ2) is 4.65. The van der Waals surface area contributed by atoms with Crippen molar-refractivity contribution in [1.82, 2.24) is 15.2 Å². The molecule has 2 fully saturated rings. The smallest absolute Gasteiger partial charge is 0.326 e. The molecule has 0 spiro atoms. The third-order valence-corrected chi connectivity index (χ3v) is 4.75. The van der Waals surface area contributed by atoms with Crippen LogP contribution in [0.15, 0.2) is 24.3 Å². The van der Waals surface area contributed by atoms with Crippen LogP contribution in [0.1, 0.15) is 19.3 Å². The fourth-order valence-corrected chi connectivity index (χ4v) is 3.82. The van der Waals surface area contributed by atoms with Gasteiger partial charge in [-0.25, -0.2) is 9.78 Å². The van der Waals surface area contributed by atoms with Crippen LogP contribution in [0.25, 0.3) is 11.0 Å². The van der Waals surface area contributed by atoms with Gasteiger partial charge in [0.15, 0.2) is 0 Å². The van der Waals surface area contributed by atoms with E-state index in [9.17, 15) is 9.90 Å². The van der Waals surface area contributed by atoms with Crippen molar-refractivity contribution in [2.75, 3.05) is 11.4 Å². The summed E-state index contributed by atoms with van der Waals surface area (Å²) in [5, 5.41) is 17.9. The number of hydrogen-bond donors (Lipinski definition) is 1. The summed E-state index contributed by atoms with van der Waals surface area (Å²) in [6.07, 6.45) is 3.22. The van der Waals surface area contributed by atoms with E-state index in [4.69, 9.17) is 0 Å². The molecule has 2 heterocycles. The van der Waals surface area contributed by atoms with E-state index in [1.807, 2.05) is 29.2 Å². The third-order valence-electron chi connectivity index (χ3n) is 4.75. The fraction of sp³-hybridized carbons (Fsp3) is 0.467. The predicted molar refractivity (Wildman–Crippen MR) is 76.9 cm³/mol. The Morgan fingerprint density at radius 1 is 1.19 bits per heavy atom. The standard InChI is InChI=1S/C15H16N4O2/c20-14(21)13-10-5-3-4-9(10)8-19(13)15-16-11-6-1-2-7-12(11)17-18-15/h1-2,6-7,9-10,13H,3-5,8H2,(H,20,21). The number of benzene rings is 1. The maximum atomic E-state index is 11.7. The van der Waals surface area contributed by atoms with Crippen LogP contribution in [-0.2, 0) is 4.79 Å². The largest absolute Gasteiger partial charge is 0.480 e. The molecule has 108 valence electrons. The highest BCUT2D eigenvalue weighted by Crippen LogP contribution is 2.43. The number of fused-ring (bicyclic) bond motifs is 2. The maximum absolute atomic E-state index is 11.7. The Balaban J connectivity index is 1.74. The summed E-state index contributed by atoms with van der Waals surface area (Å²) in [4.78, 5) is 18.0. The van der Waals surface area contributed by atoms with Gasteiger partial charge in [0.05, 0.1) is 5.52 Å². The summed E-state index contributed by atoms with van der Waals surface area (Å²) in [6, 6.07) is 7.00. The van der Waals surface area contributed by atoms with E-state index in [0.717, 1.165) is 36.8 Å². The molecule has 3 atom stereocenters. The average Bonchev–Trinajstić information content (AvgIpc) is 3.06. The van der Waals surface area contributed by atoms with Crippen molar-refractivity contribution in [3.05, 3.63) is 24.3 Å². The molecule has 0 bridgehead atoms. The first-order valence-electron chi connectivity index (χ1n) is 7.33. The normalized spacial score (nSPS) is 28.0. The van der Waals surface area contributed by atoms with E-state index in [2.05, 4.69) is 15.2 Å². The molecule has 2 aromatic rings. The lowest BCUT2D eigenvalue weighted by molar-refractivity contribution is -0.139. The molecule has 0 amide bonds. The molecular weight excluding hydrogens is 268 g/mol. The van der Waals surface area contributed by atoms with Crippen LogP contribution < -0.4 is 4.90 Å². The monoisotopic (exact) mass is 284 g/mol. The van der Waals surface area contributed by atoms with Gasteiger partial charge in [0.25, 0.3) is 0 Å². The molecule has 6 nitrogen and oxygen atoms in total. The Morgan fingerprint density at radius 2 is 2.00 bits per heavy atom. The predicted octanol–water partition coefficient (Wildman–Crippen LogP) is 1.71. The minimum Gasteiger partial charge on any atom is -0.480 e. The number of anilines is 1. The summed E-state index contributed by atoms with van der Waals surface area (Å²) in [6.45, 7) is 0.724. The fourth-order valence-electron chi connectivity index (χ4n) is 3.82. The summed E-state index contributed by atoms with van der Waals surface area (Å²) in [7, 11) is 0. The molecule has 6 heteroatoms. The van der Waals surface area contributed by atoms with Crippen LogP contribution >= 0.6 is 0 Å². The van der Waals surface area contributed by atoms with Crippen molar-refractivity contribution >= 4 is 23.0 Å². The van der Waals surface area contributed by atoms with Crippen LogP contribution in [0.3, 0.4) is 0 Å². The van der Waals surface area contributed by atoms with E-state index in [-0.39, 0.29) is 5.92 Å². The van der Waals surface area contributed by atoms with E-state index in [1.54, 1.807) is 0 Å². The van der Waals surface area contributed by atoms with Gasteiger partial charge in [-0.2, -0.15) is 0 Å². The molecule has 2 aliphatic rings. The molecular formula is C15H16N4O2. The van der Waals surface area contributed by atoms with E-state index in [0.29, 0.717) is 11.9 Å². The van der Waals surface area contributed by atoms with Gasteiger partial charge < -0.3 is 10.0 Å². The van der Waals surface area contributed by atoms with Crippen molar-refractivity contribution in [1.29, 1.82) is 0 Å². The van der Waals surface area contributed by atoms with Gasteiger partial charge in [-0.3, -0.25) is 0 Å². The molecule has 1 N–H and O–H groups in total. The number of carboxylic acids is 1. The van der Waals surface area contributed by atoms with Gasteiger partial charge in [0, 0.05) is 6.54 Å². The number of aliphatic carboxylic acids is 1. The SMILES string of the molecule is O=C(O)C1C2CCCC2CN1c1nnc2ccccc2n1. The minimum atomic E-state index is -0.777. The highest BCUT2D eigenvalue weighted by molar-refractivity contribution is 5.80. The molecule has 1 aromatic heterocycles. The number of carbonyl (C=O) groups is 1. The summed E-state index contributed by atoms with van der Waals surface area (Å²) < 4.78 is 0. The number of carboxylic acid groups (broad SMARTS) is 1. The summed E-state index contributed by atoms with van der Waals surface area (Å²) in [5.74, 6) is 0.329. The number of aromatic nitrogens is 3. The van der Waals surface area contributed by atoms with Gasteiger partial charge in [-0.15, -0.1) is 10.2 Å². The molecule has 3 unspecified atom stereocenters. The van der Waals surface area contributed by atoms with E-state index < -0.39 is 12.0 Å². The van der Waals surface area contributed by atoms with Gasteiger partial charge in [0.2, 0.25) is 5.95 Å². The van der Waals surface area contributed by atoms with Crippen molar-refractivity contribution < 1.29 is 9.90 Å². The highest BCUT2D eigenvalue weighted by Gasteiger charge is 2.48. The second-order valence-corrected chi connectivity index (χ2v) is 5.89. The topological polar surface area (TPSA) is 79.2 Å². The minimum absolute atomic E-state index is 0.220. The van der Waals surface area contributed by atoms with E-state index in [1.165, 1.54) is 0 Å². The first kappa shape index (κ1) is 12.5. The summed E-state index contributed by atoms with van der Waals surface area (Å²) >= 11 is 0. The van der Waals surface area contributed by atoms with Crippen molar-refractivity contribution in [2.24, 2.45) is 11.8 Å². The lowest BCUT2D eigenvalue weighted by Gasteiger charge is -2.23. The van der Waals surface area contributed by atoms with Gasteiger partial charge in [0.1, 0.15) is 11.6 Å².